The lowest BCUT2D eigenvalue weighted by Crippen LogP contribution is -2.53. The molecule has 22 heavy (non-hydrogen) atoms. The third kappa shape index (κ3) is 2.15. The van der Waals surface area contributed by atoms with Gasteiger partial charge in [0.15, 0.2) is 4.96 Å². The molecule has 4 fully saturated rings. The van der Waals surface area contributed by atoms with Crippen LogP contribution in [0, 0.1) is 17.8 Å². The molecule has 118 valence electrons. The fourth-order valence-electron chi connectivity index (χ4n) is 5.59. The van der Waals surface area contributed by atoms with Crippen LogP contribution in [0.25, 0.3) is 4.96 Å². The Kier molecular flexibility index (Phi) is 3.11. The van der Waals surface area contributed by atoms with Gasteiger partial charge in [0.1, 0.15) is 5.15 Å². The fourth-order valence-corrected chi connectivity index (χ4v) is 6.62. The maximum Gasteiger partial charge on any atom is 0.195 e. The first-order chi connectivity index (χ1) is 10.7. The van der Waals surface area contributed by atoms with E-state index in [1.807, 2.05) is 16.0 Å². The second-order valence-corrected chi connectivity index (χ2v) is 9.03. The first-order valence-corrected chi connectivity index (χ1v) is 9.81. The van der Waals surface area contributed by atoms with Gasteiger partial charge in [-0.1, -0.05) is 24.4 Å². The van der Waals surface area contributed by atoms with Gasteiger partial charge in [0.25, 0.3) is 0 Å². The van der Waals surface area contributed by atoms with Crippen molar-refractivity contribution in [2.24, 2.45) is 17.8 Å². The molecule has 2 atom stereocenters. The quantitative estimate of drug-likeness (QED) is 0.895. The number of nitrogens with one attached hydrogen (secondary N) is 1. The fraction of sp³-hybridized carbons (Fsp3) is 0.706. The normalized spacial score (nSPS) is 37.0. The first kappa shape index (κ1) is 13.8. The lowest BCUT2D eigenvalue weighted by Gasteiger charge is -2.49. The number of rotatable bonds is 3. The van der Waals surface area contributed by atoms with E-state index >= 15 is 0 Å². The van der Waals surface area contributed by atoms with Crippen molar-refractivity contribution in [2.75, 3.05) is 0 Å². The van der Waals surface area contributed by atoms with Crippen LogP contribution in [0.3, 0.4) is 0 Å². The van der Waals surface area contributed by atoms with Crippen LogP contribution in [0.15, 0.2) is 11.6 Å². The van der Waals surface area contributed by atoms with Gasteiger partial charge in [0, 0.05) is 23.7 Å². The summed E-state index contributed by atoms with van der Waals surface area (Å²) in [6.07, 6.45) is 12.0. The van der Waals surface area contributed by atoms with Gasteiger partial charge in [-0.2, -0.15) is 0 Å². The van der Waals surface area contributed by atoms with Crippen molar-refractivity contribution in [1.82, 2.24) is 14.7 Å². The van der Waals surface area contributed by atoms with Gasteiger partial charge in [0.05, 0.1) is 5.69 Å². The van der Waals surface area contributed by atoms with E-state index in [0.717, 1.165) is 40.1 Å². The third-order valence-corrected chi connectivity index (χ3v) is 7.41. The zero-order chi connectivity index (χ0) is 14.7. The van der Waals surface area contributed by atoms with Gasteiger partial charge >= 0.3 is 0 Å². The second kappa shape index (κ2) is 4.96. The summed E-state index contributed by atoms with van der Waals surface area (Å²) >= 11 is 8.13. The monoisotopic (exact) mass is 335 g/mol. The highest BCUT2D eigenvalue weighted by atomic mass is 35.5. The van der Waals surface area contributed by atoms with E-state index in [-0.39, 0.29) is 0 Å². The van der Waals surface area contributed by atoms with Gasteiger partial charge in [-0.3, -0.25) is 4.40 Å². The molecular weight excluding hydrogens is 314 g/mol. The molecule has 4 bridgehead atoms. The van der Waals surface area contributed by atoms with Crippen LogP contribution >= 0.6 is 22.9 Å². The molecule has 4 aliphatic rings. The Hall–Kier alpha value is -0.580. The Balaban J connectivity index is 1.39. The summed E-state index contributed by atoms with van der Waals surface area (Å²) in [6, 6.07) is 0. The summed E-state index contributed by atoms with van der Waals surface area (Å²) in [5.74, 6) is 2.88. The molecule has 2 unspecified atom stereocenters. The van der Waals surface area contributed by atoms with E-state index in [2.05, 4.69) is 5.32 Å². The topological polar surface area (TPSA) is 29.3 Å². The van der Waals surface area contributed by atoms with Crippen LogP contribution in [0.4, 0.5) is 0 Å². The summed E-state index contributed by atoms with van der Waals surface area (Å²) in [6.45, 7) is 0.819. The maximum absolute atomic E-state index is 6.48. The van der Waals surface area contributed by atoms with Crippen molar-refractivity contribution in [2.45, 2.75) is 57.0 Å². The molecule has 4 saturated carbocycles. The summed E-state index contributed by atoms with van der Waals surface area (Å²) in [5.41, 5.74) is 1.39. The Labute approximate surface area is 140 Å². The minimum absolute atomic E-state index is 0.368. The minimum atomic E-state index is 0.368. The molecule has 0 aliphatic heterocycles. The summed E-state index contributed by atoms with van der Waals surface area (Å²) in [4.78, 5) is 5.70. The molecular formula is C17H22ClN3S. The maximum atomic E-state index is 6.48. The van der Waals surface area contributed by atoms with Crippen molar-refractivity contribution in [3.05, 3.63) is 22.4 Å². The number of thiazole rings is 1. The molecule has 2 heterocycles. The van der Waals surface area contributed by atoms with Crippen molar-refractivity contribution in [3.63, 3.8) is 0 Å². The lowest BCUT2D eigenvalue weighted by molar-refractivity contribution is 0.0717. The molecule has 0 radical (unpaired) electrons. The SMILES string of the molecule is Clc1c(CNC23CC4CCC(CC(C4)C2)C3)nc2sccn12. The zero-order valence-corrected chi connectivity index (χ0v) is 14.3. The average Bonchev–Trinajstić information content (AvgIpc) is 2.99. The highest BCUT2D eigenvalue weighted by molar-refractivity contribution is 7.15. The van der Waals surface area contributed by atoms with Crippen LogP contribution in [0.1, 0.15) is 50.6 Å². The number of aromatic nitrogens is 2. The highest BCUT2D eigenvalue weighted by Gasteiger charge is 2.48. The standard InChI is InChI=1S/C17H22ClN3S/c18-15-14(20-16-21(15)3-4-22-16)10-19-17-7-11-1-2-12(8-17)6-13(5-11)9-17/h3-4,11-13,19H,1-2,5-10H2. The van der Waals surface area contributed by atoms with E-state index in [1.54, 1.807) is 11.3 Å². The number of nitrogens with zero attached hydrogens (tertiary/aromatic N) is 2. The second-order valence-electron chi connectivity index (χ2n) is 7.80. The summed E-state index contributed by atoms with van der Waals surface area (Å²) in [5, 5.41) is 6.74. The molecule has 6 rings (SSSR count). The van der Waals surface area contributed by atoms with E-state index in [4.69, 9.17) is 16.6 Å². The van der Waals surface area contributed by atoms with Crippen LogP contribution < -0.4 is 5.32 Å². The number of fused-ring (bicyclic) bond motifs is 2. The van der Waals surface area contributed by atoms with E-state index in [9.17, 15) is 0 Å². The molecule has 0 amide bonds. The predicted octanol–water partition coefficient (Wildman–Crippen LogP) is 4.50. The molecule has 3 nitrogen and oxygen atoms in total. The number of halogens is 1. The molecule has 1 N–H and O–H groups in total. The molecule has 0 saturated heterocycles. The predicted molar refractivity (Wildman–Crippen MR) is 90.4 cm³/mol. The smallest absolute Gasteiger partial charge is 0.195 e. The zero-order valence-electron chi connectivity index (χ0n) is 12.7. The van der Waals surface area contributed by atoms with Crippen LogP contribution in [-0.2, 0) is 6.54 Å². The molecule has 0 spiro atoms. The molecule has 5 heteroatoms. The summed E-state index contributed by atoms with van der Waals surface area (Å²) in [7, 11) is 0. The number of imidazole rings is 1. The van der Waals surface area contributed by atoms with Crippen molar-refractivity contribution in [1.29, 1.82) is 0 Å². The van der Waals surface area contributed by atoms with E-state index in [1.165, 1.54) is 44.9 Å². The van der Waals surface area contributed by atoms with Crippen molar-refractivity contribution in [3.8, 4) is 0 Å². The molecule has 2 aromatic heterocycles. The Morgan fingerprint density at radius 2 is 1.95 bits per heavy atom. The third-order valence-electron chi connectivity index (χ3n) is 6.26. The Bertz CT molecular complexity index is 690. The molecule has 4 aliphatic carbocycles. The van der Waals surface area contributed by atoms with Gasteiger partial charge in [0.2, 0.25) is 0 Å². The number of hydrogen-bond donors (Lipinski definition) is 1. The first-order valence-electron chi connectivity index (χ1n) is 8.56. The Morgan fingerprint density at radius 1 is 1.23 bits per heavy atom. The summed E-state index contributed by atoms with van der Waals surface area (Å²) < 4.78 is 2.00. The van der Waals surface area contributed by atoms with Crippen LogP contribution in [0.2, 0.25) is 5.15 Å². The number of hydrogen-bond acceptors (Lipinski definition) is 3. The van der Waals surface area contributed by atoms with E-state index < -0.39 is 0 Å². The van der Waals surface area contributed by atoms with Gasteiger partial charge < -0.3 is 5.32 Å². The van der Waals surface area contributed by atoms with Crippen molar-refractivity contribution < 1.29 is 0 Å². The van der Waals surface area contributed by atoms with Crippen molar-refractivity contribution >= 4 is 27.9 Å². The van der Waals surface area contributed by atoms with E-state index in [0.29, 0.717) is 5.54 Å². The van der Waals surface area contributed by atoms with Gasteiger partial charge in [-0.05, 0) is 49.9 Å². The average molecular weight is 336 g/mol. The van der Waals surface area contributed by atoms with Crippen LogP contribution in [-0.4, -0.2) is 14.9 Å². The minimum Gasteiger partial charge on any atom is -0.305 e. The molecule has 2 aromatic rings. The van der Waals surface area contributed by atoms with Crippen LogP contribution in [0.5, 0.6) is 0 Å². The molecule has 0 aromatic carbocycles. The Morgan fingerprint density at radius 3 is 2.68 bits per heavy atom. The largest absolute Gasteiger partial charge is 0.305 e. The van der Waals surface area contributed by atoms with Gasteiger partial charge in [-0.15, -0.1) is 11.3 Å². The lowest BCUT2D eigenvalue weighted by atomic mass is 9.63. The highest BCUT2D eigenvalue weighted by Crippen LogP contribution is 2.53. The van der Waals surface area contributed by atoms with Gasteiger partial charge in [-0.25, -0.2) is 4.98 Å².